The average molecular weight is 389 g/mol. The number of carbonyl (C=O) groups excluding carboxylic acids is 1. The summed E-state index contributed by atoms with van der Waals surface area (Å²) in [6.07, 6.45) is 5.26. The van der Waals surface area contributed by atoms with Crippen molar-refractivity contribution in [1.82, 2.24) is 9.97 Å². The maximum Gasteiger partial charge on any atom is 0.273 e. The standard InChI is InChI=1S/C19H18Cl2N4O/c20-12-6-7-14-13(11-12)16(21)17(23-14)19(26)24-15-5-4-8-22-18(15)25-9-2-1-3-10-25/h4-8,11,23H,1-3,9-10H2,(H,24,26). The molecule has 1 aliphatic rings. The molecular weight excluding hydrogens is 371 g/mol. The summed E-state index contributed by atoms with van der Waals surface area (Å²) in [4.78, 5) is 22.6. The number of rotatable bonds is 3. The van der Waals surface area contributed by atoms with Gasteiger partial charge in [-0.1, -0.05) is 23.2 Å². The molecule has 1 saturated heterocycles. The van der Waals surface area contributed by atoms with Crippen LogP contribution in [0, 0.1) is 0 Å². The van der Waals surface area contributed by atoms with Crippen molar-refractivity contribution < 1.29 is 4.79 Å². The number of halogens is 2. The van der Waals surface area contributed by atoms with Gasteiger partial charge in [-0.15, -0.1) is 0 Å². The Balaban J connectivity index is 1.64. The van der Waals surface area contributed by atoms with E-state index in [9.17, 15) is 4.79 Å². The van der Waals surface area contributed by atoms with Crippen LogP contribution in [0.5, 0.6) is 0 Å². The fourth-order valence-corrected chi connectivity index (χ4v) is 3.79. The summed E-state index contributed by atoms with van der Waals surface area (Å²) >= 11 is 12.4. The Morgan fingerprint density at radius 2 is 1.96 bits per heavy atom. The van der Waals surface area contributed by atoms with Crippen molar-refractivity contribution in [2.45, 2.75) is 19.3 Å². The van der Waals surface area contributed by atoms with Gasteiger partial charge >= 0.3 is 0 Å². The molecule has 0 spiro atoms. The number of nitrogens with one attached hydrogen (secondary N) is 2. The molecule has 0 aliphatic carbocycles. The zero-order valence-electron chi connectivity index (χ0n) is 14.1. The largest absolute Gasteiger partial charge is 0.355 e. The lowest BCUT2D eigenvalue weighted by Crippen LogP contribution is -2.31. The lowest BCUT2D eigenvalue weighted by molar-refractivity contribution is 0.102. The summed E-state index contributed by atoms with van der Waals surface area (Å²) in [6, 6.07) is 8.99. The number of aromatic amines is 1. The van der Waals surface area contributed by atoms with Gasteiger partial charge < -0.3 is 15.2 Å². The van der Waals surface area contributed by atoms with E-state index in [1.165, 1.54) is 6.42 Å². The van der Waals surface area contributed by atoms with E-state index >= 15 is 0 Å². The van der Waals surface area contributed by atoms with Gasteiger partial charge in [-0.05, 0) is 49.6 Å². The number of hydrogen-bond acceptors (Lipinski definition) is 3. The molecule has 2 N–H and O–H groups in total. The molecule has 4 rings (SSSR count). The molecule has 1 fully saturated rings. The Morgan fingerprint density at radius 1 is 1.15 bits per heavy atom. The van der Waals surface area contributed by atoms with Crippen molar-refractivity contribution >= 4 is 51.5 Å². The zero-order valence-corrected chi connectivity index (χ0v) is 15.6. The first kappa shape index (κ1) is 17.2. The van der Waals surface area contributed by atoms with Crippen LogP contribution in [0.1, 0.15) is 29.8 Å². The molecule has 0 unspecified atom stereocenters. The molecule has 0 bridgehead atoms. The summed E-state index contributed by atoms with van der Waals surface area (Å²) in [5.41, 5.74) is 1.77. The van der Waals surface area contributed by atoms with Gasteiger partial charge in [0.15, 0.2) is 5.82 Å². The second kappa shape index (κ2) is 7.17. The molecule has 2 aromatic heterocycles. The summed E-state index contributed by atoms with van der Waals surface area (Å²) in [7, 11) is 0. The predicted molar refractivity (Wildman–Crippen MR) is 107 cm³/mol. The van der Waals surface area contributed by atoms with Gasteiger partial charge in [-0.25, -0.2) is 4.98 Å². The molecule has 5 nitrogen and oxygen atoms in total. The fourth-order valence-electron chi connectivity index (χ4n) is 3.32. The number of benzene rings is 1. The molecule has 0 atom stereocenters. The summed E-state index contributed by atoms with van der Waals surface area (Å²) in [5, 5.41) is 4.62. The van der Waals surface area contributed by atoms with Crippen LogP contribution < -0.4 is 10.2 Å². The lowest BCUT2D eigenvalue weighted by atomic mass is 10.1. The van der Waals surface area contributed by atoms with Crippen molar-refractivity contribution in [2.24, 2.45) is 0 Å². The Hall–Kier alpha value is -2.24. The monoisotopic (exact) mass is 388 g/mol. The Bertz CT molecular complexity index is 963. The van der Waals surface area contributed by atoms with E-state index < -0.39 is 0 Å². The molecule has 1 aromatic carbocycles. The average Bonchev–Trinajstić information content (AvgIpc) is 2.99. The first-order valence-electron chi connectivity index (χ1n) is 8.61. The first-order valence-corrected chi connectivity index (χ1v) is 9.37. The van der Waals surface area contributed by atoms with Crippen LogP contribution in [0.4, 0.5) is 11.5 Å². The molecule has 1 amide bonds. The number of pyridine rings is 1. The maximum atomic E-state index is 12.8. The third-order valence-electron chi connectivity index (χ3n) is 4.61. The first-order chi connectivity index (χ1) is 12.6. The van der Waals surface area contributed by atoms with Crippen molar-refractivity contribution in [2.75, 3.05) is 23.3 Å². The normalized spacial score (nSPS) is 14.6. The number of carbonyl (C=O) groups is 1. The van der Waals surface area contributed by atoms with Crippen LogP contribution in [-0.2, 0) is 0 Å². The highest BCUT2D eigenvalue weighted by Crippen LogP contribution is 2.31. The van der Waals surface area contributed by atoms with E-state index in [-0.39, 0.29) is 5.91 Å². The van der Waals surface area contributed by atoms with Crippen LogP contribution in [0.25, 0.3) is 10.9 Å². The highest BCUT2D eigenvalue weighted by atomic mass is 35.5. The molecule has 0 saturated carbocycles. The van der Waals surface area contributed by atoms with Gasteiger partial charge in [0.25, 0.3) is 5.91 Å². The van der Waals surface area contributed by atoms with Gasteiger partial charge in [-0.2, -0.15) is 0 Å². The predicted octanol–water partition coefficient (Wildman–Crippen LogP) is 5.11. The molecule has 134 valence electrons. The third kappa shape index (κ3) is 3.24. The number of nitrogens with zero attached hydrogens (tertiary/aromatic N) is 2. The van der Waals surface area contributed by atoms with E-state index in [1.807, 2.05) is 18.2 Å². The van der Waals surface area contributed by atoms with Crippen molar-refractivity contribution in [3.05, 3.63) is 52.3 Å². The minimum absolute atomic E-state index is 0.298. The second-order valence-corrected chi connectivity index (χ2v) is 7.19. The van der Waals surface area contributed by atoms with Gasteiger partial charge in [0, 0.05) is 35.2 Å². The number of fused-ring (bicyclic) bond motifs is 1. The van der Waals surface area contributed by atoms with E-state index in [2.05, 4.69) is 20.2 Å². The van der Waals surface area contributed by atoms with Crippen LogP contribution in [0.2, 0.25) is 10.0 Å². The SMILES string of the molecule is O=C(Nc1cccnc1N1CCCCC1)c1[nH]c2ccc(Cl)cc2c1Cl. The van der Waals surface area contributed by atoms with E-state index in [1.54, 1.807) is 18.3 Å². The van der Waals surface area contributed by atoms with Gasteiger partial charge in [0.1, 0.15) is 5.69 Å². The number of amides is 1. The fraction of sp³-hybridized carbons (Fsp3) is 0.263. The topological polar surface area (TPSA) is 61.0 Å². The summed E-state index contributed by atoms with van der Waals surface area (Å²) in [5.74, 6) is 0.504. The molecular formula is C19H18Cl2N4O. The van der Waals surface area contributed by atoms with Gasteiger partial charge in [0.05, 0.1) is 10.7 Å². The van der Waals surface area contributed by atoms with Crippen LogP contribution in [0.15, 0.2) is 36.5 Å². The molecule has 26 heavy (non-hydrogen) atoms. The van der Waals surface area contributed by atoms with Crippen molar-refractivity contribution in [3.8, 4) is 0 Å². The van der Waals surface area contributed by atoms with Crippen molar-refractivity contribution in [1.29, 1.82) is 0 Å². The number of aromatic nitrogens is 2. The Labute approximate surface area is 161 Å². The maximum absolute atomic E-state index is 12.8. The Morgan fingerprint density at radius 3 is 2.77 bits per heavy atom. The highest BCUT2D eigenvalue weighted by Gasteiger charge is 2.20. The molecule has 3 heterocycles. The smallest absolute Gasteiger partial charge is 0.273 e. The number of H-pyrrole nitrogens is 1. The summed E-state index contributed by atoms with van der Waals surface area (Å²) < 4.78 is 0. The summed E-state index contributed by atoms with van der Waals surface area (Å²) in [6.45, 7) is 1.90. The molecule has 0 radical (unpaired) electrons. The van der Waals surface area contributed by atoms with E-state index in [0.29, 0.717) is 21.4 Å². The van der Waals surface area contributed by atoms with Crippen LogP contribution >= 0.6 is 23.2 Å². The molecule has 3 aromatic rings. The number of hydrogen-bond donors (Lipinski definition) is 2. The van der Waals surface area contributed by atoms with E-state index in [0.717, 1.165) is 42.7 Å². The van der Waals surface area contributed by atoms with Crippen molar-refractivity contribution in [3.63, 3.8) is 0 Å². The second-order valence-electron chi connectivity index (χ2n) is 6.38. The highest BCUT2D eigenvalue weighted by molar-refractivity contribution is 6.40. The van der Waals surface area contributed by atoms with E-state index in [4.69, 9.17) is 23.2 Å². The number of piperidine rings is 1. The molecule has 7 heteroatoms. The Kier molecular flexibility index (Phi) is 4.74. The third-order valence-corrected chi connectivity index (χ3v) is 5.24. The zero-order chi connectivity index (χ0) is 18.1. The number of anilines is 2. The van der Waals surface area contributed by atoms with Crippen LogP contribution in [0.3, 0.4) is 0 Å². The van der Waals surface area contributed by atoms with Gasteiger partial charge in [-0.3, -0.25) is 4.79 Å². The molecule has 1 aliphatic heterocycles. The lowest BCUT2D eigenvalue weighted by Gasteiger charge is -2.29. The minimum atomic E-state index is -0.298. The van der Waals surface area contributed by atoms with Crippen LogP contribution in [-0.4, -0.2) is 29.0 Å². The van der Waals surface area contributed by atoms with Gasteiger partial charge in [0.2, 0.25) is 0 Å². The quantitative estimate of drug-likeness (QED) is 0.654. The minimum Gasteiger partial charge on any atom is -0.355 e.